The second-order valence-corrected chi connectivity index (χ2v) is 4.90. The lowest BCUT2D eigenvalue weighted by Gasteiger charge is -2.25. The van der Waals surface area contributed by atoms with Crippen LogP contribution in [-0.2, 0) is 6.54 Å². The Labute approximate surface area is 103 Å². The van der Waals surface area contributed by atoms with Crippen molar-refractivity contribution in [3.8, 4) is 0 Å². The van der Waals surface area contributed by atoms with E-state index >= 15 is 0 Å². The second-order valence-electron chi connectivity index (χ2n) is 4.90. The molecule has 2 N–H and O–H groups in total. The average molecular weight is 232 g/mol. The SMILES string of the molecule is CC(C1CC1)N(C)C(=O)c1ccc(CN)cc1. The van der Waals surface area contributed by atoms with Gasteiger partial charge in [-0.15, -0.1) is 0 Å². The molecule has 17 heavy (non-hydrogen) atoms. The Balaban J connectivity index is 2.06. The molecular weight excluding hydrogens is 212 g/mol. The summed E-state index contributed by atoms with van der Waals surface area (Å²) < 4.78 is 0. The summed E-state index contributed by atoms with van der Waals surface area (Å²) in [5.41, 5.74) is 7.34. The van der Waals surface area contributed by atoms with Gasteiger partial charge in [0.25, 0.3) is 5.91 Å². The van der Waals surface area contributed by atoms with Crippen LogP contribution in [0.15, 0.2) is 24.3 Å². The van der Waals surface area contributed by atoms with Crippen molar-refractivity contribution >= 4 is 5.91 Å². The van der Waals surface area contributed by atoms with Gasteiger partial charge in [-0.25, -0.2) is 0 Å². The van der Waals surface area contributed by atoms with Crippen molar-refractivity contribution < 1.29 is 4.79 Å². The normalized spacial score (nSPS) is 16.6. The summed E-state index contributed by atoms with van der Waals surface area (Å²) in [5, 5.41) is 0. The predicted octanol–water partition coefficient (Wildman–Crippen LogP) is 2.02. The van der Waals surface area contributed by atoms with Crippen molar-refractivity contribution in [1.29, 1.82) is 0 Å². The molecule has 1 saturated carbocycles. The number of nitrogens with zero attached hydrogens (tertiary/aromatic N) is 1. The van der Waals surface area contributed by atoms with E-state index in [4.69, 9.17) is 5.73 Å². The van der Waals surface area contributed by atoms with Gasteiger partial charge in [-0.05, 0) is 43.4 Å². The van der Waals surface area contributed by atoms with Gasteiger partial charge in [-0.3, -0.25) is 4.79 Å². The number of hydrogen-bond acceptors (Lipinski definition) is 2. The lowest BCUT2D eigenvalue weighted by molar-refractivity contribution is 0.0727. The van der Waals surface area contributed by atoms with Crippen molar-refractivity contribution in [1.82, 2.24) is 4.90 Å². The lowest BCUT2D eigenvalue weighted by Crippen LogP contribution is -2.36. The highest BCUT2D eigenvalue weighted by Crippen LogP contribution is 2.35. The second kappa shape index (κ2) is 4.88. The number of carbonyl (C=O) groups excluding carboxylic acids is 1. The van der Waals surface area contributed by atoms with Gasteiger partial charge in [0.05, 0.1) is 0 Å². The quantitative estimate of drug-likeness (QED) is 0.863. The van der Waals surface area contributed by atoms with E-state index in [9.17, 15) is 4.79 Å². The highest BCUT2D eigenvalue weighted by molar-refractivity contribution is 5.94. The van der Waals surface area contributed by atoms with E-state index in [0.29, 0.717) is 18.5 Å². The van der Waals surface area contributed by atoms with Crippen molar-refractivity contribution in [3.63, 3.8) is 0 Å². The van der Waals surface area contributed by atoms with Gasteiger partial charge >= 0.3 is 0 Å². The Morgan fingerprint density at radius 2 is 2.00 bits per heavy atom. The number of carbonyl (C=O) groups is 1. The fourth-order valence-electron chi connectivity index (χ4n) is 2.07. The molecule has 1 aliphatic carbocycles. The number of nitrogens with two attached hydrogens (primary N) is 1. The Bertz CT molecular complexity index is 395. The first kappa shape index (κ1) is 12.1. The van der Waals surface area contributed by atoms with Crippen molar-refractivity contribution in [2.45, 2.75) is 32.4 Å². The first-order valence-corrected chi connectivity index (χ1v) is 6.19. The third kappa shape index (κ3) is 2.67. The molecule has 2 rings (SSSR count). The van der Waals surface area contributed by atoms with Crippen LogP contribution in [0, 0.1) is 5.92 Å². The lowest BCUT2D eigenvalue weighted by atomic mass is 10.1. The molecule has 0 heterocycles. The van der Waals surface area contributed by atoms with Gasteiger partial charge in [0.2, 0.25) is 0 Å². The highest BCUT2D eigenvalue weighted by Gasteiger charge is 2.32. The fraction of sp³-hybridized carbons (Fsp3) is 0.500. The summed E-state index contributed by atoms with van der Waals surface area (Å²) in [6.45, 7) is 2.65. The van der Waals surface area contributed by atoms with E-state index in [1.54, 1.807) is 0 Å². The van der Waals surface area contributed by atoms with Crippen LogP contribution in [0.2, 0.25) is 0 Å². The van der Waals surface area contributed by atoms with Crippen LogP contribution in [-0.4, -0.2) is 23.9 Å². The molecule has 0 saturated heterocycles. The molecule has 3 heteroatoms. The zero-order valence-electron chi connectivity index (χ0n) is 10.5. The molecule has 1 amide bonds. The summed E-state index contributed by atoms with van der Waals surface area (Å²) in [5.74, 6) is 0.806. The molecule has 0 aromatic heterocycles. The van der Waals surface area contributed by atoms with Crippen molar-refractivity contribution in [2.24, 2.45) is 11.7 Å². The minimum atomic E-state index is 0.105. The molecular formula is C14H20N2O. The standard InChI is InChI=1S/C14H20N2O/c1-10(12-7-8-12)16(2)14(17)13-5-3-11(9-15)4-6-13/h3-6,10,12H,7-9,15H2,1-2H3. The zero-order valence-corrected chi connectivity index (χ0v) is 10.5. The predicted molar refractivity (Wildman–Crippen MR) is 68.6 cm³/mol. The van der Waals surface area contributed by atoms with Gasteiger partial charge in [-0.2, -0.15) is 0 Å². The largest absolute Gasteiger partial charge is 0.339 e. The number of benzene rings is 1. The summed E-state index contributed by atoms with van der Waals surface area (Å²) in [4.78, 5) is 14.1. The number of rotatable bonds is 4. The van der Waals surface area contributed by atoms with Crippen LogP contribution < -0.4 is 5.73 Å². The van der Waals surface area contributed by atoms with E-state index in [1.165, 1.54) is 12.8 Å². The molecule has 0 spiro atoms. The molecule has 92 valence electrons. The van der Waals surface area contributed by atoms with Crippen molar-refractivity contribution in [3.05, 3.63) is 35.4 Å². The molecule has 1 fully saturated rings. The summed E-state index contributed by atoms with van der Waals surface area (Å²) in [6, 6.07) is 7.91. The maximum Gasteiger partial charge on any atom is 0.253 e. The van der Waals surface area contributed by atoms with Crippen LogP contribution >= 0.6 is 0 Å². The average Bonchev–Trinajstić information content (AvgIpc) is 3.20. The van der Waals surface area contributed by atoms with E-state index in [1.807, 2.05) is 36.2 Å². The Hall–Kier alpha value is -1.35. The smallest absolute Gasteiger partial charge is 0.253 e. The van der Waals surface area contributed by atoms with E-state index in [-0.39, 0.29) is 5.91 Å². The topological polar surface area (TPSA) is 46.3 Å². The molecule has 1 unspecified atom stereocenters. The molecule has 1 aromatic rings. The molecule has 0 aliphatic heterocycles. The van der Waals surface area contributed by atoms with Crippen LogP contribution in [0.1, 0.15) is 35.7 Å². The molecule has 0 radical (unpaired) electrons. The first-order valence-electron chi connectivity index (χ1n) is 6.19. The molecule has 1 atom stereocenters. The molecule has 1 aliphatic rings. The van der Waals surface area contributed by atoms with Gasteiger partial charge in [0.1, 0.15) is 0 Å². The van der Waals surface area contributed by atoms with Gasteiger partial charge in [-0.1, -0.05) is 12.1 Å². The Kier molecular flexibility index (Phi) is 3.48. The van der Waals surface area contributed by atoms with E-state index in [0.717, 1.165) is 11.1 Å². The molecule has 1 aromatic carbocycles. The molecule has 3 nitrogen and oxygen atoms in total. The van der Waals surface area contributed by atoms with Gasteiger partial charge in [0.15, 0.2) is 0 Å². The van der Waals surface area contributed by atoms with Crippen LogP contribution in [0.5, 0.6) is 0 Å². The Morgan fingerprint density at radius 3 is 2.47 bits per heavy atom. The van der Waals surface area contributed by atoms with Crippen LogP contribution in [0.25, 0.3) is 0 Å². The van der Waals surface area contributed by atoms with Gasteiger partial charge < -0.3 is 10.6 Å². The van der Waals surface area contributed by atoms with E-state index < -0.39 is 0 Å². The zero-order chi connectivity index (χ0) is 12.4. The van der Waals surface area contributed by atoms with Crippen LogP contribution in [0.3, 0.4) is 0 Å². The third-order valence-electron chi connectivity index (χ3n) is 3.67. The van der Waals surface area contributed by atoms with Gasteiger partial charge in [0, 0.05) is 25.2 Å². The minimum absolute atomic E-state index is 0.105. The first-order chi connectivity index (χ1) is 8.13. The van der Waals surface area contributed by atoms with Crippen molar-refractivity contribution in [2.75, 3.05) is 7.05 Å². The number of amides is 1. The fourth-order valence-corrected chi connectivity index (χ4v) is 2.07. The minimum Gasteiger partial charge on any atom is -0.339 e. The summed E-state index contributed by atoms with van der Waals surface area (Å²) in [6.07, 6.45) is 2.51. The monoisotopic (exact) mass is 232 g/mol. The molecule has 0 bridgehead atoms. The maximum atomic E-state index is 12.2. The van der Waals surface area contributed by atoms with Crippen LogP contribution in [0.4, 0.5) is 0 Å². The third-order valence-corrected chi connectivity index (χ3v) is 3.67. The van der Waals surface area contributed by atoms with E-state index in [2.05, 4.69) is 6.92 Å². The summed E-state index contributed by atoms with van der Waals surface area (Å²) >= 11 is 0. The highest BCUT2D eigenvalue weighted by atomic mass is 16.2. The summed E-state index contributed by atoms with van der Waals surface area (Å²) in [7, 11) is 1.89. The maximum absolute atomic E-state index is 12.2. The number of hydrogen-bond donors (Lipinski definition) is 1. The Morgan fingerprint density at radius 1 is 1.41 bits per heavy atom.